The number of rotatable bonds is 5. The molecule has 0 aromatic heterocycles. The molecule has 1 amide bonds. The Morgan fingerprint density at radius 3 is 2.45 bits per heavy atom. The van der Waals surface area contributed by atoms with Gasteiger partial charge in [0, 0.05) is 6.04 Å². The highest BCUT2D eigenvalue weighted by Crippen LogP contribution is 2.28. The van der Waals surface area contributed by atoms with Gasteiger partial charge in [0.25, 0.3) is 0 Å². The van der Waals surface area contributed by atoms with Crippen molar-refractivity contribution >= 4 is 5.91 Å². The fourth-order valence-corrected chi connectivity index (χ4v) is 3.17. The third kappa shape index (κ3) is 3.84. The summed E-state index contributed by atoms with van der Waals surface area (Å²) in [5.74, 6) is 0.585. The molecule has 1 saturated carbocycles. The molecular weight excluding hydrogens is 246 g/mol. The number of benzene rings is 1. The van der Waals surface area contributed by atoms with Crippen molar-refractivity contribution in [2.24, 2.45) is 5.92 Å². The highest BCUT2D eigenvalue weighted by molar-refractivity contribution is 5.84. The van der Waals surface area contributed by atoms with E-state index in [4.69, 9.17) is 0 Å². The standard InChI is InChI=1S/C18H27NO/c1-3-14(2)17(15-10-6-4-7-11-15)18(20)19-16-12-8-5-9-13-16/h4,6-7,10-11,14,16-17H,3,5,8-9,12-13H2,1-2H3,(H,19,20). The molecule has 2 atom stereocenters. The Bertz CT molecular complexity index is 409. The van der Waals surface area contributed by atoms with Gasteiger partial charge in [-0.3, -0.25) is 4.79 Å². The molecule has 0 radical (unpaired) electrons. The van der Waals surface area contributed by atoms with Gasteiger partial charge in [0.2, 0.25) is 5.91 Å². The fourth-order valence-electron chi connectivity index (χ4n) is 3.17. The Labute approximate surface area is 123 Å². The number of nitrogens with one attached hydrogen (secondary N) is 1. The smallest absolute Gasteiger partial charge is 0.228 e. The van der Waals surface area contributed by atoms with Crippen molar-refractivity contribution in [2.75, 3.05) is 0 Å². The lowest BCUT2D eigenvalue weighted by molar-refractivity contribution is -0.124. The molecule has 1 N–H and O–H groups in total. The number of amides is 1. The number of hydrogen-bond donors (Lipinski definition) is 1. The molecular formula is C18H27NO. The first-order valence-corrected chi connectivity index (χ1v) is 8.07. The maximum atomic E-state index is 12.7. The van der Waals surface area contributed by atoms with E-state index in [-0.39, 0.29) is 11.8 Å². The van der Waals surface area contributed by atoms with Crippen LogP contribution in [-0.2, 0) is 4.79 Å². The highest BCUT2D eigenvalue weighted by Gasteiger charge is 2.27. The molecule has 0 spiro atoms. The molecule has 2 unspecified atom stereocenters. The van der Waals surface area contributed by atoms with Crippen LogP contribution >= 0.6 is 0 Å². The van der Waals surface area contributed by atoms with Crippen LogP contribution in [0.3, 0.4) is 0 Å². The molecule has 0 aliphatic heterocycles. The Morgan fingerprint density at radius 2 is 1.85 bits per heavy atom. The molecule has 2 nitrogen and oxygen atoms in total. The topological polar surface area (TPSA) is 29.1 Å². The minimum atomic E-state index is -0.0110. The lowest BCUT2D eigenvalue weighted by Gasteiger charge is -2.28. The quantitative estimate of drug-likeness (QED) is 0.853. The zero-order valence-corrected chi connectivity index (χ0v) is 12.8. The molecule has 1 aromatic rings. The molecule has 1 aliphatic rings. The van der Waals surface area contributed by atoms with Gasteiger partial charge in [-0.05, 0) is 24.3 Å². The van der Waals surface area contributed by atoms with Gasteiger partial charge in [-0.1, -0.05) is 69.9 Å². The van der Waals surface area contributed by atoms with Crippen LogP contribution in [0.15, 0.2) is 30.3 Å². The van der Waals surface area contributed by atoms with Gasteiger partial charge < -0.3 is 5.32 Å². The first-order valence-electron chi connectivity index (χ1n) is 8.07. The van der Waals surface area contributed by atoms with E-state index < -0.39 is 0 Å². The largest absolute Gasteiger partial charge is 0.353 e. The first kappa shape index (κ1) is 15.1. The van der Waals surface area contributed by atoms with E-state index in [1.807, 2.05) is 18.2 Å². The van der Waals surface area contributed by atoms with Crippen LogP contribution in [0.2, 0.25) is 0 Å². The Kier molecular flexibility index (Phi) is 5.63. The summed E-state index contributed by atoms with van der Waals surface area (Å²) in [6.07, 6.45) is 7.15. The van der Waals surface area contributed by atoms with Gasteiger partial charge in [-0.2, -0.15) is 0 Å². The highest BCUT2D eigenvalue weighted by atomic mass is 16.2. The lowest BCUT2D eigenvalue weighted by atomic mass is 9.84. The first-order chi connectivity index (χ1) is 9.72. The van der Waals surface area contributed by atoms with E-state index in [0.717, 1.165) is 24.8 Å². The van der Waals surface area contributed by atoms with Gasteiger partial charge in [0.1, 0.15) is 0 Å². The number of hydrogen-bond acceptors (Lipinski definition) is 1. The molecule has 0 saturated heterocycles. The van der Waals surface area contributed by atoms with E-state index in [1.54, 1.807) is 0 Å². The summed E-state index contributed by atoms with van der Waals surface area (Å²) >= 11 is 0. The Balaban J connectivity index is 2.08. The van der Waals surface area contributed by atoms with E-state index >= 15 is 0 Å². The van der Waals surface area contributed by atoms with Crippen LogP contribution in [-0.4, -0.2) is 11.9 Å². The van der Waals surface area contributed by atoms with Crippen molar-refractivity contribution in [1.82, 2.24) is 5.32 Å². The monoisotopic (exact) mass is 273 g/mol. The summed E-state index contributed by atoms with van der Waals surface area (Å²) in [6.45, 7) is 4.34. The maximum absolute atomic E-state index is 12.7. The average molecular weight is 273 g/mol. The third-order valence-corrected chi connectivity index (χ3v) is 4.61. The van der Waals surface area contributed by atoms with Crippen molar-refractivity contribution in [3.8, 4) is 0 Å². The maximum Gasteiger partial charge on any atom is 0.228 e. The van der Waals surface area contributed by atoms with Crippen molar-refractivity contribution in [1.29, 1.82) is 0 Å². The molecule has 0 heterocycles. The van der Waals surface area contributed by atoms with E-state index in [2.05, 4.69) is 31.3 Å². The van der Waals surface area contributed by atoms with Gasteiger partial charge in [0.05, 0.1) is 5.92 Å². The van der Waals surface area contributed by atoms with Crippen LogP contribution in [0, 0.1) is 5.92 Å². The molecule has 110 valence electrons. The second kappa shape index (κ2) is 7.47. The van der Waals surface area contributed by atoms with Gasteiger partial charge in [0.15, 0.2) is 0 Å². The van der Waals surface area contributed by atoms with Crippen molar-refractivity contribution < 1.29 is 4.79 Å². The van der Waals surface area contributed by atoms with Crippen molar-refractivity contribution in [2.45, 2.75) is 64.3 Å². The molecule has 2 heteroatoms. The van der Waals surface area contributed by atoms with E-state index in [0.29, 0.717) is 12.0 Å². The minimum Gasteiger partial charge on any atom is -0.353 e. The second-order valence-electron chi connectivity index (χ2n) is 6.12. The van der Waals surface area contributed by atoms with Crippen LogP contribution in [0.25, 0.3) is 0 Å². The summed E-state index contributed by atoms with van der Waals surface area (Å²) in [4.78, 5) is 12.7. The van der Waals surface area contributed by atoms with Crippen LogP contribution in [0.5, 0.6) is 0 Å². The normalized spacial score (nSPS) is 19.3. The summed E-state index contributed by atoms with van der Waals surface area (Å²) < 4.78 is 0. The molecule has 1 aliphatic carbocycles. The summed E-state index contributed by atoms with van der Waals surface area (Å²) in [6, 6.07) is 10.6. The Hall–Kier alpha value is -1.31. The summed E-state index contributed by atoms with van der Waals surface area (Å²) in [7, 11) is 0. The van der Waals surface area contributed by atoms with E-state index in [1.165, 1.54) is 19.3 Å². The predicted octanol–water partition coefficient (Wildman–Crippen LogP) is 4.27. The summed E-state index contributed by atoms with van der Waals surface area (Å²) in [5.41, 5.74) is 1.15. The van der Waals surface area contributed by atoms with Crippen LogP contribution in [0.4, 0.5) is 0 Å². The molecule has 20 heavy (non-hydrogen) atoms. The number of carbonyl (C=O) groups is 1. The van der Waals surface area contributed by atoms with Gasteiger partial charge in [-0.25, -0.2) is 0 Å². The molecule has 1 aromatic carbocycles. The Morgan fingerprint density at radius 1 is 1.20 bits per heavy atom. The van der Waals surface area contributed by atoms with Crippen molar-refractivity contribution in [3.63, 3.8) is 0 Å². The minimum absolute atomic E-state index is 0.0110. The predicted molar refractivity (Wildman–Crippen MR) is 83.7 cm³/mol. The SMILES string of the molecule is CCC(C)C(C(=O)NC1CCCCC1)c1ccccc1. The van der Waals surface area contributed by atoms with Crippen molar-refractivity contribution in [3.05, 3.63) is 35.9 Å². The fraction of sp³-hybridized carbons (Fsp3) is 0.611. The number of carbonyl (C=O) groups excluding carboxylic acids is 1. The molecule has 1 fully saturated rings. The van der Waals surface area contributed by atoms with Gasteiger partial charge in [-0.15, -0.1) is 0 Å². The molecule has 2 rings (SSSR count). The third-order valence-electron chi connectivity index (χ3n) is 4.61. The second-order valence-corrected chi connectivity index (χ2v) is 6.12. The van der Waals surface area contributed by atoms with Gasteiger partial charge >= 0.3 is 0 Å². The zero-order chi connectivity index (χ0) is 14.4. The molecule has 0 bridgehead atoms. The zero-order valence-electron chi connectivity index (χ0n) is 12.8. The summed E-state index contributed by atoms with van der Waals surface area (Å²) in [5, 5.41) is 3.29. The van der Waals surface area contributed by atoms with E-state index in [9.17, 15) is 4.79 Å². The lowest BCUT2D eigenvalue weighted by Crippen LogP contribution is -2.40. The van der Waals surface area contributed by atoms with Crippen LogP contribution < -0.4 is 5.32 Å². The van der Waals surface area contributed by atoms with Crippen LogP contribution in [0.1, 0.15) is 63.9 Å². The average Bonchev–Trinajstić information content (AvgIpc) is 2.49.